The standard InChI is InChI=1S/C14H21NO4S/c1-4-6-10(3)19-14(16)13-9-12(20(15,17)18)8-7-11(13)5-2/h7-10H,4-6H2,1-3H3,(H2,15,17,18). The van der Waals surface area contributed by atoms with E-state index < -0.39 is 16.0 Å². The topological polar surface area (TPSA) is 86.5 Å². The molecule has 20 heavy (non-hydrogen) atoms. The number of ether oxygens (including phenoxy) is 1. The Kier molecular flexibility index (Phi) is 5.71. The monoisotopic (exact) mass is 299 g/mol. The maximum absolute atomic E-state index is 12.1. The summed E-state index contributed by atoms with van der Waals surface area (Å²) >= 11 is 0. The Morgan fingerprint density at radius 1 is 1.35 bits per heavy atom. The van der Waals surface area contributed by atoms with Gasteiger partial charge in [-0.2, -0.15) is 0 Å². The Morgan fingerprint density at radius 3 is 2.50 bits per heavy atom. The van der Waals surface area contributed by atoms with Crippen LogP contribution in [0.3, 0.4) is 0 Å². The Morgan fingerprint density at radius 2 is 2.00 bits per heavy atom. The van der Waals surface area contributed by atoms with Crippen LogP contribution in [-0.2, 0) is 21.2 Å². The van der Waals surface area contributed by atoms with Crippen LogP contribution in [0.1, 0.15) is 49.5 Å². The maximum Gasteiger partial charge on any atom is 0.338 e. The van der Waals surface area contributed by atoms with Gasteiger partial charge in [0.05, 0.1) is 16.6 Å². The highest BCUT2D eigenvalue weighted by atomic mass is 32.2. The zero-order chi connectivity index (χ0) is 15.3. The SMILES string of the molecule is CCCC(C)OC(=O)c1cc(S(N)(=O)=O)ccc1CC. The Balaban J connectivity index is 3.11. The van der Waals surface area contributed by atoms with Crippen LogP contribution in [0.2, 0.25) is 0 Å². The summed E-state index contributed by atoms with van der Waals surface area (Å²) in [5, 5.41) is 5.09. The third kappa shape index (κ3) is 4.31. The van der Waals surface area contributed by atoms with E-state index in [2.05, 4.69) is 0 Å². The molecule has 0 bridgehead atoms. The number of aryl methyl sites for hydroxylation is 1. The van der Waals surface area contributed by atoms with Crippen LogP contribution in [0.25, 0.3) is 0 Å². The van der Waals surface area contributed by atoms with E-state index >= 15 is 0 Å². The van der Waals surface area contributed by atoms with Gasteiger partial charge in [-0.3, -0.25) is 0 Å². The summed E-state index contributed by atoms with van der Waals surface area (Å²) in [6.07, 6.45) is 2.08. The molecule has 0 radical (unpaired) electrons. The van der Waals surface area contributed by atoms with E-state index in [1.165, 1.54) is 12.1 Å². The van der Waals surface area contributed by atoms with Gasteiger partial charge in [0.2, 0.25) is 10.0 Å². The van der Waals surface area contributed by atoms with Crippen molar-refractivity contribution in [3.8, 4) is 0 Å². The summed E-state index contributed by atoms with van der Waals surface area (Å²) in [5.74, 6) is -0.506. The highest BCUT2D eigenvalue weighted by Crippen LogP contribution is 2.18. The molecule has 2 N–H and O–H groups in total. The van der Waals surface area contributed by atoms with Crippen LogP contribution in [0.15, 0.2) is 23.1 Å². The summed E-state index contributed by atoms with van der Waals surface area (Å²) in [7, 11) is -3.83. The second kappa shape index (κ2) is 6.85. The molecule has 0 spiro atoms. The second-order valence-corrected chi connectivity index (χ2v) is 6.28. The van der Waals surface area contributed by atoms with Crippen molar-refractivity contribution in [1.82, 2.24) is 0 Å². The highest BCUT2D eigenvalue weighted by molar-refractivity contribution is 7.89. The summed E-state index contributed by atoms with van der Waals surface area (Å²) in [5.41, 5.74) is 1.01. The number of sulfonamides is 1. The predicted octanol–water partition coefficient (Wildman–Crippen LogP) is 2.24. The van der Waals surface area contributed by atoms with Crippen molar-refractivity contribution in [3.63, 3.8) is 0 Å². The van der Waals surface area contributed by atoms with Crippen molar-refractivity contribution in [3.05, 3.63) is 29.3 Å². The molecule has 1 unspecified atom stereocenters. The van der Waals surface area contributed by atoms with Gasteiger partial charge in [-0.15, -0.1) is 0 Å². The van der Waals surface area contributed by atoms with Gasteiger partial charge in [-0.05, 0) is 37.5 Å². The molecule has 1 rings (SSSR count). The molecule has 0 saturated heterocycles. The Bertz CT molecular complexity index is 581. The average Bonchev–Trinajstić information content (AvgIpc) is 2.37. The molecule has 0 saturated carbocycles. The van der Waals surface area contributed by atoms with Crippen LogP contribution in [-0.4, -0.2) is 20.5 Å². The minimum absolute atomic E-state index is 0.0789. The van der Waals surface area contributed by atoms with Crippen molar-refractivity contribution in [2.45, 2.75) is 51.0 Å². The van der Waals surface area contributed by atoms with E-state index in [-0.39, 0.29) is 16.6 Å². The van der Waals surface area contributed by atoms with Crippen molar-refractivity contribution in [1.29, 1.82) is 0 Å². The zero-order valence-electron chi connectivity index (χ0n) is 12.0. The largest absolute Gasteiger partial charge is 0.459 e. The van der Waals surface area contributed by atoms with Crippen molar-refractivity contribution in [2.24, 2.45) is 5.14 Å². The fourth-order valence-corrected chi connectivity index (χ4v) is 2.48. The molecular weight excluding hydrogens is 278 g/mol. The van der Waals surface area contributed by atoms with E-state index in [0.29, 0.717) is 6.42 Å². The van der Waals surface area contributed by atoms with Crippen molar-refractivity contribution >= 4 is 16.0 Å². The fourth-order valence-electron chi connectivity index (χ4n) is 1.94. The Labute approximate surface area is 120 Å². The number of esters is 1. The van der Waals surface area contributed by atoms with Gasteiger partial charge in [0.15, 0.2) is 0 Å². The second-order valence-electron chi connectivity index (χ2n) is 4.72. The van der Waals surface area contributed by atoms with E-state index in [0.717, 1.165) is 18.4 Å². The molecule has 0 heterocycles. The number of primary sulfonamides is 1. The summed E-state index contributed by atoms with van der Waals surface area (Å²) in [6.45, 7) is 5.71. The number of carbonyl (C=O) groups is 1. The molecule has 1 aromatic carbocycles. The van der Waals surface area contributed by atoms with Gasteiger partial charge in [0, 0.05) is 0 Å². The van der Waals surface area contributed by atoms with Crippen LogP contribution in [0.5, 0.6) is 0 Å². The van der Waals surface area contributed by atoms with Gasteiger partial charge < -0.3 is 4.74 Å². The number of hydrogen-bond donors (Lipinski definition) is 1. The quantitative estimate of drug-likeness (QED) is 0.816. The van der Waals surface area contributed by atoms with Crippen molar-refractivity contribution < 1.29 is 17.9 Å². The molecule has 0 aromatic heterocycles. The van der Waals surface area contributed by atoms with E-state index in [1.807, 2.05) is 20.8 Å². The van der Waals surface area contributed by atoms with E-state index in [9.17, 15) is 13.2 Å². The molecule has 5 nitrogen and oxygen atoms in total. The van der Waals surface area contributed by atoms with Gasteiger partial charge in [-0.25, -0.2) is 18.4 Å². The molecule has 0 aliphatic carbocycles. The van der Waals surface area contributed by atoms with Gasteiger partial charge in [0.1, 0.15) is 0 Å². The first kappa shape index (κ1) is 16.7. The molecule has 1 atom stereocenters. The van der Waals surface area contributed by atoms with Crippen LogP contribution < -0.4 is 5.14 Å². The molecule has 6 heteroatoms. The number of rotatable bonds is 6. The van der Waals surface area contributed by atoms with Crippen LogP contribution in [0.4, 0.5) is 0 Å². The first-order valence-electron chi connectivity index (χ1n) is 6.66. The molecule has 0 amide bonds. The molecule has 112 valence electrons. The van der Waals surface area contributed by atoms with E-state index in [4.69, 9.17) is 9.88 Å². The summed E-state index contributed by atoms with van der Waals surface area (Å²) in [6, 6.07) is 4.29. The number of nitrogens with two attached hydrogens (primary N) is 1. The first-order valence-corrected chi connectivity index (χ1v) is 8.20. The van der Waals surface area contributed by atoms with E-state index in [1.54, 1.807) is 6.07 Å². The fraction of sp³-hybridized carbons (Fsp3) is 0.500. The lowest BCUT2D eigenvalue weighted by atomic mass is 10.1. The number of benzene rings is 1. The predicted molar refractivity (Wildman–Crippen MR) is 77.0 cm³/mol. The molecular formula is C14H21NO4S. The van der Waals surface area contributed by atoms with Gasteiger partial charge in [-0.1, -0.05) is 26.3 Å². The lowest BCUT2D eigenvalue weighted by Gasteiger charge is -2.14. The summed E-state index contributed by atoms with van der Waals surface area (Å²) < 4.78 is 28.0. The van der Waals surface area contributed by atoms with Crippen LogP contribution in [0, 0.1) is 0 Å². The molecule has 0 aliphatic rings. The molecule has 0 fully saturated rings. The normalized spacial score (nSPS) is 13.0. The van der Waals surface area contributed by atoms with Gasteiger partial charge in [0.25, 0.3) is 0 Å². The Hall–Kier alpha value is -1.40. The highest BCUT2D eigenvalue weighted by Gasteiger charge is 2.18. The average molecular weight is 299 g/mol. The number of hydrogen-bond acceptors (Lipinski definition) is 4. The lowest BCUT2D eigenvalue weighted by molar-refractivity contribution is 0.0322. The smallest absolute Gasteiger partial charge is 0.338 e. The summed E-state index contributed by atoms with van der Waals surface area (Å²) in [4.78, 5) is 12.1. The first-order chi connectivity index (χ1) is 9.29. The van der Waals surface area contributed by atoms with Crippen LogP contribution >= 0.6 is 0 Å². The lowest BCUT2D eigenvalue weighted by Crippen LogP contribution is -2.18. The zero-order valence-corrected chi connectivity index (χ0v) is 12.9. The molecule has 1 aromatic rings. The van der Waals surface area contributed by atoms with Gasteiger partial charge >= 0.3 is 5.97 Å². The third-order valence-corrected chi connectivity index (χ3v) is 3.93. The maximum atomic E-state index is 12.1. The third-order valence-electron chi connectivity index (χ3n) is 3.01. The molecule has 0 aliphatic heterocycles. The minimum atomic E-state index is -3.83. The number of carbonyl (C=O) groups excluding carboxylic acids is 1. The minimum Gasteiger partial charge on any atom is -0.459 e. The van der Waals surface area contributed by atoms with Crippen molar-refractivity contribution in [2.75, 3.05) is 0 Å².